The predicted molar refractivity (Wildman–Crippen MR) is 227 cm³/mol. The molecule has 0 saturated heterocycles. The van der Waals surface area contributed by atoms with Crippen molar-refractivity contribution in [2.24, 2.45) is 0 Å². The molecule has 0 amide bonds. The maximum atomic E-state index is 7.15. The van der Waals surface area contributed by atoms with Gasteiger partial charge in [0.25, 0.3) is 0 Å². The van der Waals surface area contributed by atoms with Crippen LogP contribution in [0.15, 0.2) is 140 Å². The highest BCUT2D eigenvalue weighted by Crippen LogP contribution is 2.43. The van der Waals surface area contributed by atoms with Crippen molar-refractivity contribution < 1.29 is 4.74 Å². The van der Waals surface area contributed by atoms with Gasteiger partial charge in [0, 0.05) is 65.4 Å². The summed E-state index contributed by atoms with van der Waals surface area (Å²) in [6.45, 7) is 11.6. The minimum Gasteiger partial charge on any atom is -0.456 e. The average Bonchev–Trinajstić information content (AvgIpc) is 3.78. The van der Waals surface area contributed by atoms with Crippen molar-refractivity contribution in [3.63, 3.8) is 0 Å². The minimum absolute atomic E-state index is 0.123. The van der Waals surface area contributed by atoms with Gasteiger partial charge in [-0.05, 0) is 61.2 Å². The Labute approximate surface area is 327 Å². The molecule has 0 bridgehead atoms. The third kappa shape index (κ3) is 6.64. The molecule has 8 aromatic rings. The van der Waals surface area contributed by atoms with Gasteiger partial charge in [-0.3, -0.25) is 4.57 Å². The number of nitrogens with zero attached hydrogens (tertiary/aromatic N) is 7. The number of anilines is 1. The van der Waals surface area contributed by atoms with E-state index in [2.05, 4.69) is 172 Å². The normalized spacial score (nSPS) is 13.0. The van der Waals surface area contributed by atoms with Crippen molar-refractivity contribution in [2.45, 2.75) is 40.0 Å². The number of rotatable bonds is 7. The monoisotopic (exact) mass is 733 g/mol. The largest absolute Gasteiger partial charge is 0.456 e. The second-order valence-electron chi connectivity index (χ2n) is 15.7. The summed E-state index contributed by atoms with van der Waals surface area (Å²) in [5.41, 5.74) is 9.02. The quantitative estimate of drug-likeness (QED) is 0.161. The molecular weight excluding hydrogens is 691 g/mol. The highest BCUT2D eigenvalue weighted by Gasteiger charge is 2.24. The molecule has 0 N–H and O–H groups in total. The highest BCUT2D eigenvalue weighted by atomic mass is 16.5. The van der Waals surface area contributed by atoms with Crippen LogP contribution in [0, 0.1) is 13.8 Å². The van der Waals surface area contributed by atoms with E-state index in [0.29, 0.717) is 23.2 Å². The van der Waals surface area contributed by atoms with Crippen LogP contribution in [0.3, 0.4) is 0 Å². The number of hydrogen-bond donors (Lipinski definition) is 0. The zero-order valence-corrected chi connectivity index (χ0v) is 32.5. The molecule has 0 aliphatic carbocycles. The fraction of sp³-hybridized carbons (Fsp3) is 0.167. The molecule has 4 heterocycles. The van der Waals surface area contributed by atoms with E-state index in [0.717, 1.165) is 62.4 Å². The Morgan fingerprint density at radius 3 is 1.91 bits per heavy atom. The number of aryl methyl sites for hydroxylation is 2. The number of benzene rings is 5. The van der Waals surface area contributed by atoms with Gasteiger partial charge in [0.15, 0.2) is 17.5 Å². The van der Waals surface area contributed by atoms with Gasteiger partial charge in [-0.1, -0.05) is 105 Å². The zero-order valence-electron chi connectivity index (χ0n) is 32.5. The van der Waals surface area contributed by atoms with Gasteiger partial charge in [-0.25, -0.2) is 19.9 Å². The topological polar surface area (TPSA) is 72.2 Å². The smallest absolute Gasteiger partial charge is 0.167 e. The summed E-state index contributed by atoms with van der Waals surface area (Å²) in [5, 5.41) is 2.13. The molecule has 8 heteroatoms. The van der Waals surface area contributed by atoms with Crippen molar-refractivity contribution in [1.82, 2.24) is 29.4 Å². The summed E-state index contributed by atoms with van der Waals surface area (Å²) >= 11 is 0. The molecule has 3 aromatic heterocycles. The van der Waals surface area contributed by atoms with Crippen LogP contribution in [0.25, 0.3) is 61.8 Å². The molecule has 0 saturated carbocycles. The standard InChI is InChI=1S/C48H43N7O/c1-31-14-18-33(19-15-31)45-50-46(34-20-16-32(2)17-21-34)52-47(51-45)40-28-39-38-11-7-8-12-41(38)55(44-13-9-10-22-49-44)42(39)29-43(40)56-37-26-35(48(3,4)5)25-36(27-37)54-24-23-53(6)30-54/h7-29H,30H2,1-6H3. The fourth-order valence-electron chi connectivity index (χ4n) is 7.21. The summed E-state index contributed by atoms with van der Waals surface area (Å²) in [6, 6.07) is 41.9. The van der Waals surface area contributed by atoms with Crippen molar-refractivity contribution >= 4 is 27.5 Å². The Morgan fingerprint density at radius 1 is 0.625 bits per heavy atom. The van der Waals surface area contributed by atoms with Crippen LogP contribution in [-0.4, -0.2) is 43.1 Å². The molecule has 0 fully saturated rings. The Balaban J connectivity index is 1.32. The van der Waals surface area contributed by atoms with Crippen LogP contribution in [0.5, 0.6) is 11.5 Å². The van der Waals surface area contributed by atoms with Gasteiger partial charge < -0.3 is 14.5 Å². The molecule has 8 nitrogen and oxygen atoms in total. The Kier molecular flexibility index (Phi) is 8.61. The van der Waals surface area contributed by atoms with E-state index in [1.165, 1.54) is 16.7 Å². The van der Waals surface area contributed by atoms with Crippen LogP contribution in [0.1, 0.15) is 37.5 Å². The number of fused-ring (bicyclic) bond motifs is 3. The SMILES string of the molecule is Cc1ccc(-c2nc(-c3ccc(C)cc3)nc(-c3cc4c5ccccc5n(-c5ccccn5)c4cc3Oc3cc(N4C=CN(C)C4)cc(C(C)(C)C)c3)n2)cc1. The molecule has 1 aliphatic heterocycles. The zero-order chi connectivity index (χ0) is 38.6. The van der Waals surface area contributed by atoms with Crippen molar-refractivity contribution in [3.05, 3.63) is 157 Å². The lowest BCUT2D eigenvalue weighted by Gasteiger charge is -2.25. The lowest BCUT2D eigenvalue weighted by Crippen LogP contribution is -2.22. The van der Waals surface area contributed by atoms with Crippen LogP contribution in [0.4, 0.5) is 5.69 Å². The first-order chi connectivity index (χ1) is 27.1. The third-order valence-electron chi connectivity index (χ3n) is 10.3. The number of ether oxygens (including phenoxy) is 1. The lowest BCUT2D eigenvalue weighted by atomic mass is 9.86. The summed E-state index contributed by atoms with van der Waals surface area (Å²) in [7, 11) is 2.08. The maximum absolute atomic E-state index is 7.15. The van der Waals surface area contributed by atoms with Gasteiger partial charge in [0.2, 0.25) is 0 Å². The number of aromatic nitrogens is 5. The highest BCUT2D eigenvalue weighted by molar-refractivity contribution is 6.11. The molecule has 0 atom stereocenters. The number of para-hydroxylation sites is 1. The first kappa shape index (κ1) is 34.9. The third-order valence-corrected chi connectivity index (χ3v) is 10.3. The van der Waals surface area contributed by atoms with Gasteiger partial charge >= 0.3 is 0 Å². The van der Waals surface area contributed by atoms with Crippen molar-refractivity contribution in [1.29, 1.82) is 0 Å². The summed E-state index contributed by atoms with van der Waals surface area (Å²) in [4.78, 5) is 24.6. The van der Waals surface area contributed by atoms with E-state index in [1.54, 1.807) is 0 Å². The molecule has 1 aliphatic rings. The Morgan fingerprint density at radius 2 is 1.29 bits per heavy atom. The molecule has 5 aromatic carbocycles. The molecule has 0 spiro atoms. The number of hydrogen-bond acceptors (Lipinski definition) is 7. The van der Waals surface area contributed by atoms with E-state index in [4.69, 9.17) is 24.7 Å². The average molecular weight is 734 g/mol. The van der Waals surface area contributed by atoms with E-state index in [1.807, 2.05) is 24.4 Å². The fourth-order valence-corrected chi connectivity index (χ4v) is 7.21. The maximum Gasteiger partial charge on any atom is 0.167 e. The lowest BCUT2D eigenvalue weighted by molar-refractivity contribution is 0.478. The van der Waals surface area contributed by atoms with Crippen molar-refractivity contribution in [3.8, 4) is 51.5 Å². The molecular formula is C48H43N7O. The van der Waals surface area contributed by atoms with Crippen LogP contribution in [0.2, 0.25) is 0 Å². The first-order valence-corrected chi connectivity index (χ1v) is 19.0. The summed E-state index contributed by atoms with van der Waals surface area (Å²) in [5.74, 6) is 3.88. The van der Waals surface area contributed by atoms with Crippen molar-refractivity contribution in [2.75, 3.05) is 18.6 Å². The van der Waals surface area contributed by atoms with Gasteiger partial charge in [0.05, 0.1) is 23.3 Å². The molecule has 9 rings (SSSR count). The second-order valence-corrected chi connectivity index (χ2v) is 15.7. The number of pyridine rings is 1. The van der Waals surface area contributed by atoms with E-state index in [-0.39, 0.29) is 5.41 Å². The molecule has 0 radical (unpaired) electrons. The molecule has 276 valence electrons. The molecule has 0 unspecified atom stereocenters. The van der Waals surface area contributed by atoms with Gasteiger partial charge in [0.1, 0.15) is 17.3 Å². The predicted octanol–water partition coefficient (Wildman–Crippen LogP) is 11.3. The first-order valence-electron chi connectivity index (χ1n) is 19.0. The molecule has 56 heavy (non-hydrogen) atoms. The van der Waals surface area contributed by atoms with E-state index < -0.39 is 0 Å². The summed E-state index contributed by atoms with van der Waals surface area (Å²) in [6.07, 6.45) is 6.03. The van der Waals surface area contributed by atoms with Gasteiger partial charge in [-0.2, -0.15) is 0 Å². The van der Waals surface area contributed by atoms with Gasteiger partial charge in [-0.15, -0.1) is 0 Å². The minimum atomic E-state index is -0.123. The van der Waals surface area contributed by atoms with Crippen LogP contribution in [-0.2, 0) is 5.41 Å². The van der Waals surface area contributed by atoms with E-state index >= 15 is 0 Å². The Bertz CT molecular complexity index is 2700. The second kappa shape index (κ2) is 13.8. The van der Waals surface area contributed by atoms with E-state index in [9.17, 15) is 0 Å². The Hall–Kier alpha value is -6.80. The summed E-state index contributed by atoms with van der Waals surface area (Å²) < 4.78 is 9.35. The van der Waals surface area contributed by atoms with Crippen LogP contribution < -0.4 is 9.64 Å². The van der Waals surface area contributed by atoms with Crippen LogP contribution >= 0.6 is 0 Å².